The average Bonchev–Trinajstić information content (AvgIpc) is 3.12. The van der Waals surface area contributed by atoms with Crippen LogP contribution >= 0.6 is 30.7 Å². The van der Waals surface area contributed by atoms with E-state index in [4.69, 9.17) is 10.5 Å². The Kier molecular flexibility index (Phi) is 8.90. The maximum absolute atomic E-state index is 12.8. The summed E-state index contributed by atoms with van der Waals surface area (Å²) in [5.74, 6) is -0.0400. The number of alkyl halides is 6. The molecule has 198 valence electrons. The van der Waals surface area contributed by atoms with Crippen LogP contribution in [0.25, 0.3) is 11.2 Å². The summed E-state index contributed by atoms with van der Waals surface area (Å²) in [5, 5.41) is 0.478. The summed E-state index contributed by atoms with van der Waals surface area (Å²) in [6.07, 6.45) is -12.9. The zero-order chi connectivity index (χ0) is 26.7. The van der Waals surface area contributed by atoms with Gasteiger partial charge < -0.3 is 19.6 Å². The lowest BCUT2D eigenvalue weighted by atomic mass is 10.4. The number of aromatic nitrogens is 4. The molecule has 0 saturated carbocycles. The molecule has 1 atom stereocenters. The van der Waals surface area contributed by atoms with Crippen LogP contribution in [0, 0.1) is 0 Å². The molecule has 36 heavy (non-hydrogen) atoms. The van der Waals surface area contributed by atoms with Crippen molar-refractivity contribution in [2.24, 2.45) is 0 Å². The third-order valence-corrected chi connectivity index (χ3v) is 9.18. The maximum atomic E-state index is 12.8. The van der Waals surface area contributed by atoms with E-state index in [-0.39, 0.29) is 12.5 Å². The summed E-state index contributed by atoms with van der Waals surface area (Å²) in [5.41, 5.74) is 6.61. The molecule has 0 aliphatic rings. The fourth-order valence-electron chi connectivity index (χ4n) is 3.34. The lowest BCUT2D eigenvalue weighted by Gasteiger charge is -2.23. The minimum atomic E-state index is -5.02. The van der Waals surface area contributed by atoms with E-state index in [0.717, 1.165) is 9.79 Å². The Hall–Kier alpha value is -1.96. The number of ether oxygens (including phenoxy) is 1. The van der Waals surface area contributed by atoms with Gasteiger partial charge in [0.05, 0.1) is 31.3 Å². The van der Waals surface area contributed by atoms with Crippen molar-refractivity contribution < 1.29 is 35.6 Å². The third-order valence-electron chi connectivity index (χ3n) is 4.71. The molecule has 0 aliphatic heterocycles. The van der Waals surface area contributed by atoms with Gasteiger partial charge in [-0.15, -0.1) is 11.8 Å². The van der Waals surface area contributed by atoms with Crippen molar-refractivity contribution in [2.45, 2.75) is 46.7 Å². The normalized spacial score (nSPS) is 13.9. The maximum Gasteiger partial charge on any atom is 0.395 e. The number of benzene rings is 1. The number of rotatable bonds is 10. The molecule has 0 amide bonds. The molecule has 2 aromatic heterocycles. The highest BCUT2D eigenvalue weighted by Crippen LogP contribution is 2.53. The van der Waals surface area contributed by atoms with Crippen molar-refractivity contribution in [3.63, 3.8) is 0 Å². The predicted octanol–water partition coefficient (Wildman–Crippen LogP) is 6.13. The Labute approximate surface area is 211 Å². The van der Waals surface area contributed by atoms with E-state index < -0.39 is 44.3 Å². The second-order valence-corrected chi connectivity index (χ2v) is 12.8. The molecule has 0 spiro atoms. The van der Waals surface area contributed by atoms with Crippen LogP contribution in [0.2, 0.25) is 0 Å². The molecule has 0 saturated heterocycles. The van der Waals surface area contributed by atoms with Crippen molar-refractivity contribution in [1.82, 2.24) is 19.5 Å². The molecule has 0 radical (unpaired) electrons. The van der Waals surface area contributed by atoms with Crippen LogP contribution in [0.3, 0.4) is 0 Å². The number of thioether (sulfide) groups is 1. The van der Waals surface area contributed by atoms with E-state index in [0.29, 0.717) is 16.2 Å². The van der Waals surface area contributed by atoms with Gasteiger partial charge in [-0.3, -0.25) is 0 Å². The molecule has 1 aromatic carbocycles. The Bertz CT molecular complexity index is 1230. The number of imidazole rings is 1. The average molecular weight is 574 g/mol. The van der Waals surface area contributed by atoms with Gasteiger partial charge in [-0.1, -0.05) is 23.9 Å². The summed E-state index contributed by atoms with van der Waals surface area (Å²) < 4.78 is 95.8. The first-order valence-corrected chi connectivity index (χ1v) is 14.6. The van der Waals surface area contributed by atoms with Crippen molar-refractivity contribution in [1.29, 1.82) is 0 Å². The van der Waals surface area contributed by atoms with Gasteiger partial charge in [-0.25, -0.2) is 9.97 Å². The number of nitrogen functional groups attached to an aromatic ring is 1. The molecule has 0 bridgehead atoms. The van der Waals surface area contributed by atoms with Gasteiger partial charge in [0, 0.05) is 9.79 Å². The van der Waals surface area contributed by atoms with Crippen molar-refractivity contribution in [3.8, 4) is 0 Å². The standard InChI is InChI=1S/C20H22F6N5O2PS2/c1-12(33-11-34(32,8-19(21,22)23)9-20(24,25)26)7-31-10-28-15-16(31)29-18(27)30-17(15)36-14-6-4-3-5-13(14)35-2/h3-6,10,12H,7-9,11H2,1-2H3,(H2,27,29,30). The van der Waals surface area contributed by atoms with Gasteiger partial charge in [0.15, 0.2) is 5.65 Å². The Morgan fingerprint density at radius 1 is 1.08 bits per heavy atom. The molecule has 0 aliphatic carbocycles. The second kappa shape index (κ2) is 11.2. The monoisotopic (exact) mass is 573 g/mol. The largest absolute Gasteiger partial charge is 0.395 e. The number of anilines is 1. The zero-order valence-electron chi connectivity index (χ0n) is 19.0. The number of hydrogen-bond donors (Lipinski definition) is 1. The molecule has 16 heteroatoms. The molecule has 7 nitrogen and oxygen atoms in total. The van der Waals surface area contributed by atoms with Crippen LogP contribution in [-0.2, 0) is 15.8 Å². The summed E-state index contributed by atoms with van der Waals surface area (Å²) in [6.45, 7) is 1.41. The number of halogens is 6. The van der Waals surface area contributed by atoms with Gasteiger partial charge in [-0.05, 0) is 25.3 Å². The zero-order valence-corrected chi connectivity index (χ0v) is 21.5. The van der Waals surface area contributed by atoms with Crippen LogP contribution in [0.4, 0.5) is 32.3 Å². The van der Waals surface area contributed by atoms with Crippen LogP contribution in [0.5, 0.6) is 0 Å². The molecule has 0 fully saturated rings. The van der Waals surface area contributed by atoms with E-state index in [1.807, 2.05) is 30.5 Å². The van der Waals surface area contributed by atoms with Crippen molar-refractivity contribution in [2.75, 3.05) is 30.7 Å². The van der Waals surface area contributed by atoms with E-state index in [9.17, 15) is 30.9 Å². The second-order valence-electron chi connectivity index (χ2n) is 7.92. The Balaban J connectivity index is 1.78. The van der Waals surface area contributed by atoms with Gasteiger partial charge in [0.2, 0.25) is 5.95 Å². The van der Waals surface area contributed by atoms with Crippen LogP contribution in [0.1, 0.15) is 6.92 Å². The first-order chi connectivity index (χ1) is 16.7. The molecule has 1 unspecified atom stereocenters. The summed E-state index contributed by atoms with van der Waals surface area (Å²) >= 11 is 2.88. The summed E-state index contributed by atoms with van der Waals surface area (Å²) in [4.78, 5) is 14.7. The SMILES string of the molecule is CSc1ccccc1Sc1nc(N)nc2c1ncn2CC(C)OCP(=O)(CC(F)(F)F)CC(F)(F)F. The van der Waals surface area contributed by atoms with Gasteiger partial charge in [0.1, 0.15) is 24.0 Å². The number of fused-ring (bicyclic) bond motifs is 1. The molecular weight excluding hydrogens is 551 g/mol. The first-order valence-electron chi connectivity index (χ1n) is 10.3. The minimum absolute atomic E-state index is 0.0313. The fraction of sp³-hybridized carbons (Fsp3) is 0.450. The fourth-order valence-corrected chi connectivity index (χ4v) is 7.23. The van der Waals surface area contributed by atoms with E-state index in [1.165, 1.54) is 29.6 Å². The van der Waals surface area contributed by atoms with Gasteiger partial charge in [-0.2, -0.15) is 31.3 Å². The quantitative estimate of drug-likeness (QED) is 0.134. The highest BCUT2D eigenvalue weighted by atomic mass is 32.2. The van der Waals surface area contributed by atoms with Crippen LogP contribution < -0.4 is 5.73 Å². The first kappa shape index (κ1) is 28.6. The van der Waals surface area contributed by atoms with E-state index in [2.05, 4.69) is 15.0 Å². The molecule has 3 aromatic rings. The molecule has 3 rings (SSSR count). The Morgan fingerprint density at radius 3 is 2.28 bits per heavy atom. The molecule has 2 N–H and O–H groups in total. The van der Waals surface area contributed by atoms with Gasteiger partial charge >= 0.3 is 12.4 Å². The number of hydrogen-bond acceptors (Lipinski definition) is 8. The minimum Gasteiger partial charge on any atom is -0.369 e. The van der Waals surface area contributed by atoms with Crippen molar-refractivity contribution >= 4 is 47.8 Å². The summed E-state index contributed by atoms with van der Waals surface area (Å²) in [6, 6.07) is 7.63. The topological polar surface area (TPSA) is 95.9 Å². The predicted molar refractivity (Wildman–Crippen MR) is 127 cm³/mol. The third kappa shape index (κ3) is 8.02. The molecule has 2 heterocycles. The smallest absolute Gasteiger partial charge is 0.369 e. The van der Waals surface area contributed by atoms with E-state index in [1.54, 1.807) is 11.8 Å². The summed E-state index contributed by atoms with van der Waals surface area (Å²) in [7, 11) is -4.76. The van der Waals surface area contributed by atoms with Crippen LogP contribution in [0.15, 0.2) is 45.4 Å². The lowest BCUT2D eigenvalue weighted by Crippen LogP contribution is -2.26. The number of nitrogens with two attached hydrogens (primary N) is 1. The number of nitrogens with zero attached hydrogens (tertiary/aromatic N) is 4. The van der Waals surface area contributed by atoms with Gasteiger partial charge in [0.25, 0.3) is 0 Å². The Morgan fingerprint density at radius 2 is 1.69 bits per heavy atom. The van der Waals surface area contributed by atoms with Crippen molar-refractivity contribution in [3.05, 3.63) is 30.6 Å². The van der Waals surface area contributed by atoms with E-state index >= 15 is 0 Å². The lowest BCUT2D eigenvalue weighted by molar-refractivity contribution is -0.113. The van der Waals surface area contributed by atoms with Crippen LogP contribution in [-0.4, -0.2) is 62.9 Å². The highest BCUT2D eigenvalue weighted by molar-refractivity contribution is 8.02. The molecular formula is C20H22F6N5O2PS2. The highest BCUT2D eigenvalue weighted by Gasteiger charge is 2.46.